The van der Waals surface area contributed by atoms with Crippen LogP contribution in [0.25, 0.3) is 0 Å². The Kier molecular flexibility index (Phi) is 4.83. The van der Waals surface area contributed by atoms with E-state index in [-0.39, 0.29) is 23.2 Å². The fourth-order valence-corrected chi connectivity index (χ4v) is 2.82. The summed E-state index contributed by atoms with van der Waals surface area (Å²) < 4.78 is 19.9. The van der Waals surface area contributed by atoms with Crippen LogP contribution in [0.15, 0.2) is 41.2 Å². The number of nitrogens with zero attached hydrogens (tertiary/aromatic N) is 3. The van der Waals surface area contributed by atoms with Gasteiger partial charge < -0.3 is 9.64 Å². The standard InChI is InChI=1S/C18H20FN3O3/c1-12-3-8-17(23)22(20-12)11-14-9-21(10-14)18(24)13(2)25-16-6-4-15(19)5-7-16/h3-8,13-14H,9-11H2,1-2H3. The molecule has 2 aromatic rings. The van der Waals surface area contributed by atoms with E-state index in [2.05, 4.69) is 5.10 Å². The Labute approximate surface area is 144 Å². The van der Waals surface area contributed by atoms with Crippen molar-refractivity contribution in [2.75, 3.05) is 13.1 Å². The van der Waals surface area contributed by atoms with E-state index in [0.29, 0.717) is 25.4 Å². The number of carbonyl (C=O) groups is 1. The normalized spacial score (nSPS) is 15.6. The lowest BCUT2D eigenvalue weighted by atomic mass is 9.99. The largest absolute Gasteiger partial charge is 0.481 e. The van der Waals surface area contributed by atoms with E-state index in [0.717, 1.165) is 5.69 Å². The lowest BCUT2D eigenvalue weighted by Gasteiger charge is -2.40. The van der Waals surface area contributed by atoms with Crippen LogP contribution in [0.4, 0.5) is 4.39 Å². The van der Waals surface area contributed by atoms with Crippen molar-refractivity contribution < 1.29 is 13.9 Å². The molecule has 132 valence electrons. The van der Waals surface area contributed by atoms with Crippen LogP contribution in [0.2, 0.25) is 0 Å². The molecule has 6 nitrogen and oxygen atoms in total. The third kappa shape index (κ3) is 4.04. The van der Waals surface area contributed by atoms with Gasteiger partial charge in [0.15, 0.2) is 6.10 Å². The second-order valence-corrected chi connectivity index (χ2v) is 6.32. The highest BCUT2D eigenvalue weighted by Crippen LogP contribution is 2.20. The molecular weight excluding hydrogens is 325 g/mol. The van der Waals surface area contributed by atoms with E-state index in [1.165, 1.54) is 35.0 Å². The molecule has 25 heavy (non-hydrogen) atoms. The van der Waals surface area contributed by atoms with Crippen molar-refractivity contribution in [3.63, 3.8) is 0 Å². The number of amides is 1. The summed E-state index contributed by atoms with van der Waals surface area (Å²) in [6, 6.07) is 8.76. The predicted octanol–water partition coefficient (Wildman–Crippen LogP) is 1.62. The smallest absolute Gasteiger partial charge is 0.266 e. The predicted molar refractivity (Wildman–Crippen MR) is 89.8 cm³/mol. The summed E-state index contributed by atoms with van der Waals surface area (Å²) in [5.41, 5.74) is 0.650. The SMILES string of the molecule is Cc1ccc(=O)n(CC2CN(C(=O)C(C)Oc3ccc(F)cc3)C2)n1. The van der Waals surface area contributed by atoms with E-state index >= 15 is 0 Å². The molecule has 1 unspecified atom stereocenters. The van der Waals surface area contributed by atoms with Crippen LogP contribution in [0, 0.1) is 18.7 Å². The first-order chi connectivity index (χ1) is 11.9. The van der Waals surface area contributed by atoms with E-state index in [9.17, 15) is 14.0 Å². The van der Waals surface area contributed by atoms with Gasteiger partial charge in [0.2, 0.25) is 0 Å². The van der Waals surface area contributed by atoms with E-state index in [1.807, 2.05) is 6.92 Å². The van der Waals surface area contributed by atoms with Crippen molar-refractivity contribution >= 4 is 5.91 Å². The molecule has 0 aliphatic carbocycles. The van der Waals surface area contributed by atoms with E-state index < -0.39 is 6.10 Å². The zero-order chi connectivity index (χ0) is 18.0. The molecule has 1 fully saturated rings. The highest BCUT2D eigenvalue weighted by Gasteiger charge is 2.34. The third-order valence-electron chi connectivity index (χ3n) is 4.17. The molecule has 1 amide bonds. The Morgan fingerprint density at radius 1 is 1.28 bits per heavy atom. The molecule has 1 aromatic carbocycles. The van der Waals surface area contributed by atoms with Crippen molar-refractivity contribution in [3.8, 4) is 5.75 Å². The number of halogens is 1. The van der Waals surface area contributed by atoms with Gasteiger partial charge in [-0.2, -0.15) is 5.10 Å². The number of hydrogen-bond donors (Lipinski definition) is 0. The Hall–Kier alpha value is -2.70. The Balaban J connectivity index is 1.51. The number of ether oxygens (including phenoxy) is 1. The van der Waals surface area contributed by atoms with Crippen LogP contribution in [0.5, 0.6) is 5.75 Å². The van der Waals surface area contributed by atoms with E-state index in [1.54, 1.807) is 17.9 Å². The monoisotopic (exact) mass is 345 g/mol. The molecular formula is C18H20FN3O3. The lowest BCUT2D eigenvalue weighted by Crippen LogP contribution is -2.55. The van der Waals surface area contributed by atoms with Crippen molar-refractivity contribution in [2.24, 2.45) is 5.92 Å². The molecule has 0 radical (unpaired) electrons. The minimum absolute atomic E-state index is 0.120. The van der Waals surface area contributed by atoms with Crippen LogP contribution in [0.1, 0.15) is 12.6 Å². The number of hydrogen-bond acceptors (Lipinski definition) is 4. The summed E-state index contributed by atoms with van der Waals surface area (Å²) in [7, 11) is 0. The summed E-state index contributed by atoms with van der Waals surface area (Å²) in [6.45, 7) is 5.14. The summed E-state index contributed by atoms with van der Waals surface area (Å²) in [5, 5.41) is 4.21. The van der Waals surface area contributed by atoms with Gasteiger partial charge in [0.1, 0.15) is 11.6 Å². The van der Waals surface area contributed by atoms with Gasteiger partial charge in [-0.15, -0.1) is 0 Å². The van der Waals surface area contributed by atoms with Crippen LogP contribution in [-0.2, 0) is 11.3 Å². The zero-order valence-corrected chi connectivity index (χ0v) is 14.2. The molecule has 1 aromatic heterocycles. The minimum Gasteiger partial charge on any atom is -0.481 e. The Morgan fingerprint density at radius 3 is 2.64 bits per heavy atom. The topological polar surface area (TPSA) is 64.4 Å². The summed E-state index contributed by atoms with van der Waals surface area (Å²) in [4.78, 5) is 25.8. The van der Waals surface area contributed by atoms with Crippen LogP contribution in [0.3, 0.4) is 0 Å². The highest BCUT2D eigenvalue weighted by molar-refractivity contribution is 5.81. The van der Waals surface area contributed by atoms with Crippen LogP contribution < -0.4 is 10.3 Å². The fraction of sp³-hybridized carbons (Fsp3) is 0.389. The van der Waals surface area contributed by atoms with Gasteiger partial charge in [-0.3, -0.25) is 9.59 Å². The number of aryl methyl sites for hydroxylation is 1. The molecule has 0 spiro atoms. The maximum absolute atomic E-state index is 12.9. The molecule has 0 N–H and O–H groups in total. The molecule has 0 saturated carbocycles. The third-order valence-corrected chi connectivity index (χ3v) is 4.17. The minimum atomic E-state index is -0.647. The van der Waals surface area contributed by atoms with E-state index in [4.69, 9.17) is 4.74 Å². The van der Waals surface area contributed by atoms with Gasteiger partial charge in [0.05, 0.1) is 12.2 Å². The molecule has 1 saturated heterocycles. The molecule has 2 heterocycles. The first-order valence-electron chi connectivity index (χ1n) is 8.18. The maximum atomic E-state index is 12.9. The molecule has 1 aliphatic heterocycles. The van der Waals surface area contributed by atoms with Crippen molar-refractivity contribution in [2.45, 2.75) is 26.5 Å². The maximum Gasteiger partial charge on any atom is 0.266 e. The molecule has 0 bridgehead atoms. The lowest BCUT2D eigenvalue weighted by molar-refractivity contribution is -0.144. The van der Waals surface area contributed by atoms with Crippen LogP contribution >= 0.6 is 0 Å². The fourth-order valence-electron chi connectivity index (χ4n) is 2.82. The summed E-state index contributed by atoms with van der Waals surface area (Å²) in [6.07, 6.45) is -0.647. The van der Waals surface area contributed by atoms with Gasteiger partial charge in [0.25, 0.3) is 11.5 Å². The number of carbonyl (C=O) groups excluding carboxylic acids is 1. The van der Waals surface area contributed by atoms with Gasteiger partial charge in [-0.05, 0) is 44.2 Å². The summed E-state index contributed by atoms with van der Waals surface area (Å²) in [5.74, 6) is 0.186. The van der Waals surface area contributed by atoms with Gasteiger partial charge >= 0.3 is 0 Å². The average Bonchev–Trinajstić information content (AvgIpc) is 2.55. The van der Waals surface area contributed by atoms with Crippen molar-refractivity contribution in [1.29, 1.82) is 0 Å². The second kappa shape index (κ2) is 7.04. The van der Waals surface area contributed by atoms with Crippen molar-refractivity contribution in [1.82, 2.24) is 14.7 Å². The molecule has 1 atom stereocenters. The average molecular weight is 345 g/mol. The van der Waals surface area contributed by atoms with Gasteiger partial charge in [-0.25, -0.2) is 9.07 Å². The first-order valence-corrected chi connectivity index (χ1v) is 8.18. The first kappa shape index (κ1) is 17.1. The van der Waals surface area contributed by atoms with Crippen LogP contribution in [-0.4, -0.2) is 39.8 Å². The quantitative estimate of drug-likeness (QED) is 0.826. The second-order valence-electron chi connectivity index (χ2n) is 6.32. The highest BCUT2D eigenvalue weighted by atomic mass is 19.1. The number of benzene rings is 1. The Bertz CT molecular complexity index is 813. The number of likely N-dealkylation sites (tertiary alicyclic amines) is 1. The molecule has 3 rings (SSSR count). The number of rotatable bonds is 5. The Morgan fingerprint density at radius 2 is 1.96 bits per heavy atom. The molecule has 1 aliphatic rings. The zero-order valence-electron chi connectivity index (χ0n) is 14.2. The summed E-state index contributed by atoms with van der Waals surface area (Å²) >= 11 is 0. The van der Waals surface area contributed by atoms with Gasteiger partial charge in [0, 0.05) is 25.1 Å². The molecule has 7 heteroatoms. The van der Waals surface area contributed by atoms with Gasteiger partial charge in [-0.1, -0.05) is 0 Å². The number of aromatic nitrogens is 2. The van der Waals surface area contributed by atoms with Crippen molar-refractivity contribution in [3.05, 3.63) is 58.3 Å².